The summed E-state index contributed by atoms with van der Waals surface area (Å²) in [6.45, 7) is 2.34. The van der Waals surface area contributed by atoms with Gasteiger partial charge in [-0.15, -0.1) is 0 Å². The third kappa shape index (κ3) is 2.08. The summed E-state index contributed by atoms with van der Waals surface area (Å²) >= 11 is 0. The van der Waals surface area contributed by atoms with E-state index in [1.807, 2.05) is 18.3 Å². The van der Waals surface area contributed by atoms with Crippen LogP contribution < -0.4 is 4.74 Å². The van der Waals surface area contributed by atoms with Gasteiger partial charge in [0.15, 0.2) is 0 Å². The zero-order chi connectivity index (χ0) is 12.5. The largest absolute Gasteiger partial charge is 0.495 e. The van der Waals surface area contributed by atoms with Crippen LogP contribution in [0.4, 0.5) is 0 Å². The van der Waals surface area contributed by atoms with E-state index in [1.54, 1.807) is 7.11 Å². The number of ether oxygens (including phenoxy) is 1. The minimum atomic E-state index is 0.604. The zero-order valence-electron chi connectivity index (χ0n) is 11.0. The lowest BCUT2D eigenvalue weighted by molar-refractivity contribution is 0.253. The van der Waals surface area contributed by atoms with Crippen LogP contribution in [0.5, 0.6) is 5.75 Å². The number of aromatic nitrogens is 2. The third-order valence-electron chi connectivity index (χ3n) is 3.82. The van der Waals surface area contributed by atoms with Crippen LogP contribution in [0.2, 0.25) is 0 Å². The van der Waals surface area contributed by atoms with Crippen molar-refractivity contribution >= 4 is 5.65 Å². The van der Waals surface area contributed by atoms with E-state index in [0.717, 1.165) is 11.4 Å². The van der Waals surface area contributed by atoms with Gasteiger partial charge in [-0.25, -0.2) is 4.98 Å². The van der Waals surface area contributed by atoms with Gasteiger partial charge in [0.1, 0.15) is 11.4 Å². The van der Waals surface area contributed by atoms with Crippen molar-refractivity contribution in [3.05, 3.63) is 30.2 Å². The molecule has 0 N–H and O–H groups in total. The standard InChI is InChI=1S/C14H19N3O/c1-16-7-5-11(6-8-16)13-10-17-9-12(18-2)3-4-14(17)15-13/h3-4,9-11H,5-8H2,1-2H3. The molecule has 0 atom stereocenters. The van der Waals surface area contributed by atoms with E-state index in [-0.39, 0.29) is 0 Å². The number of imidazole rings is 1. The van der Waals surface area contributed by atoms with Gasteiger partial charge in [-0.05, 0) is 45.1 Å². The van der Waals surface area contributed by atoms with Crippen LogP contribution in [0.1, 0.15) is 24.5 Å². The highest BCUT2D eigenvalue weighted by Crippen LogP contribution is 2.27. The van der Waals surface area contributed by atoms with Crippen molar-refractivity contribution in [1.82, 2.24) is 14.3 Å². The topological polar surface area (TPSA) is 29.8 Å². The van der Waals surface area contributed by atoms with E-state index in [2.05, 4.69) is 22.5 Å². The van der Waals surface area contributed by atoms with E-state index in [9.17, 15) is 0 Å². The molecule has 3 heterocycles. The Hall–Kier alpha value is -1.55. The van der Waals surface area contributed by atoms with Gasteiger partial charge in [0.25, 0.3) is 0 Å². The first-order valence-electron chi connectivity index (χ1n) is 6.47. The molecule has 0 bridgehead atoms. The molecule has 1 aliphatic rings. The number of fused-ring (bicyclic) bond motifs is 1. The van der Waals surface area contributed by atoms with Gasteiger partial charge >= 0.3 is 0 Å². The molecule has 1 fully saturated rings. The van der Waals surface area contributed by atoms with Crippen molar-refractivity contribution in [3.8, 4) is 5.75 Å². The smallest absolute Gasteiger partial charge is 0.137 e. The quantitative estimate of drug-likeness (QED) is 0.812. The summed E-state index contributed by atoms with van der Waals surface area (Å²) in [5.74, 6) is 1.47. The van der Waals surface area contributed by atoms with E-state index in [0.29, 0.717) is 5.92 Å². The Morgan fingerprint density at radius 2 is 2.00 bits per heavy atom. The van der Waals surface area contributed by atoms with Crippen LogP contribution in [0, 0.1) is 0 Å². The summed E-state index contributed by atoms with van der Waals surface area (Å²) in [6, 6.07) is 3.97. The van der Waals surface area contributed by atoms with Gasteiger partial charge in [-0.3, -0.25) is 0 Å². The molecule has 4 heteroatoms. The van der Waals surface area contributed by atoms with Gasteiger partial charge in [0.05, 0.1) is 19.0 Å². The second-order valence-electron chi connectivity index (χ2n) is 5.08. The van der Waals surface area contributed by atoms with Crippen molar-refractivity contribution in [2.75, 3.05) is 27.2 Å². The number of rotatable bonds is 2. The van der Waals surface area contributed by atoms with Gasteiger partial charge < -0.3 is 14.0 Å². The number of piperidine rings is 1. The second-order valence-corrected chi connectivity index (χ2v) is 5.08. The Morgan fingerprint density at radius 3 is 2.72 bits per heavy atom. The zero-order valence-corrected chi connectivity index (χ0v) is 11.0. The Bertz CT molecular complexity index is 541. The lowest BCUT2D eigenvalue weighted by Crippen LogP contribution is -2.29. The molecule has 1 saturated heterocycles. The normalized spacial score (nSPS) is 18.3. The Labute approximate surface area is 107 Å². The highest BCUT2D eigenvalue weighted by atomic mass is 16.5. The average molecular weight is 245 g/mol. The van der Waals surface area contributed by atoms with E-state index in [4.69, 9.17) is 9.72 Å². The van der Waals surface area contributed by atoms with E-state index < -0.39 is 0 Å². The molecule has 3 rings (SSSR count). The first kappa shape index (κ1) is 11.5. The first-order chi connectivity index (χ1) is 8.76. The minimum Gasteiger partial charge on any atom is -0.495 e. The molecule has 2 aromatic heterocycles. The maximum atomic E-state index is 5.24. The minimum absolute atomic E-state index is 0.604. The first-order valence-corrected chi connectivity index (χ1v) is 6.47. The summed E-state index contributed by atoms with van der Waals surface area (Å²) in [4.78, 5) is 7.11. The molecule has 0 radical (unpaired) electrons. The summed E-state index contributed by atoms with van der Waals surface area (Å²) in [7, 11) is 3.88. The van der Waals surface area contributed by atoms with Crippen LogP contribution in [-0.4, -0.2) is 41.5 Å². The van der Waals surface area contributed by atoms with Gasteiger partial charge in [0, 0.05) is 12.1 Å². The number of likely N-dealkylation sites (tertiary alicyclic amines) is 1. The SMILES string of the molecule is COc1ccc2nc(C3CCN(C)CC3)cn2c1. The van der Waals surface area contributed by atoms with Crippen LogP contribution in [0.3, 0.4) is 0 Å². The average Bonchev–Trinajstić information content (AvgIpc) is 2.82. The molecule has 4 nitrogen and oxygen atoms in total. The molecule has 2 aromatic rings. The predicted molar refractivity (Wildman–Crippen MR) is 71.2 cm³/mol. The predicted octanol–water partition coefficient (Wildman–Crippen LogP) is 2.15. The Morgan fingerprint density at radius 1 is 1.22 bits per heavy atom. The van der Waals surface area contributed by atoms with Gasteiger partial charge in [-0.2, -0.15) is 0 Å². The molecule has 1 aliphatic heterocycles. The van der Waals surface area contributed by atoms with Crippen molar-refractivity contribution in [3.63, 3.8) is 0 Å². The molecule has 0 spiro atoms. The monoisotopic (exact) mass is 245 g/mol. The van der Waals surface area contributed by atoms with Crippen LogP contribution in [0.15, 0.2) is 24.5 Å². The maximum absolute atomic E-state index is 5.24. The van der Waals surface area contributed by atoms with Crippen molar-refractivity contribution < 1.29 is 4.74 Å². The van der Waals surface area contributed by atoms with Crippen molar-refractivity contribution in [1.29, 1.82) is 0 Å². The number of pyridine rings is 1. The van der Waals surface area contributed by atoms with Gasteiger partial charge in [-0.1, -0.05) is 0 Å². The maximum Gasteiger partial charge on any atom is 0.137 e. The van der Waals surface area contributed by atoms with E-state index >= 15 is 0 Å². The number of nitrogens with zero attached hydrogens (tertiary/aromatic N) is 3. The van der Waals surface area contributed by atoms with Crippen molar-refractivity contribution in [2.45, 2.75) is 18.8 Å². The van der Waals surface area contributed by atoms with Crippen molar-refractivity contribution in [2.24, 2.45) is 0 Å². The fraction of sp³-hybridized carbons (Fsp3) is 0.500. The van der Waals surface area contributed by atoms with Crippen LogP contribution in [0.25, 0.3) is 5.65 Å². The fourth-order valence-corrected chi connectivity index (χ4v) is 2.61. The van der Waals surface area contributed by atoms with Crippen LogP contribution >= 0.6 is 0 Å². The fourth-order valence-electron chi connectivity index (χ4n) is 2.61. The van der Waals surface area contributed by atoms with Gasteiger partial charge in [0.2, 0.25) is 0 Å². The highest BCUT2D eigenvalue weighted by molar-refractivity contribution is 5.43. The summed E-state index contributed by atoms with van der Waals surface area (Å²) < 4.78 is 7.30. The third-order valence-corrected chi connectivity index (χ3v) is 3.82. The van der Waals surface area contributed by atoms with Crippen LogP contribution in [-0.2, 0) is 0 Å². The highest BCUT2D eigenvalue weighted by Gasteiger charge is 2.20. The Balaban J connectivity index is 1.88. The van der Waals surface area contributed by atoms with E-state index in [1.165, 1.54) is 31.6 Å². The number of hydrogen-bond donors (Lipinski definition) is 0. The summed E-state index contributed by atoms with van der Waals surface area (Å²) in [5, 5.41) is 0. The number of hydrogen-bond acceptors (Lipinski definition) is 3. The Kier molecular flexibility index (Phi) is 2.96. The summed E-state index contributed by atoms with van der Waals surface area (Å²) in [6.07, 6.45) is 6.55. The lowest BCUT2D eigenvalue weighted by Gasteiger charge is -2.27. The second kappa shape index (κ2) is 4.61. The molecule has 0 amide bonds. The molecule has 0 unspecified atom stereocenters. The molecular weight excluding hydrogens is 226 g/mol. The molecule has 0 saturated carbocycles. The lowest BCUT2D eigenvalue weighted by atomic mass is 9.94. The molecule has 0 aliphatic carbocycles. The molecule has 18 heavy (non-hydrogen) atoms. The summed E-state index contributed by atoms with van der Waals surface area (Å²) in [5.41, 5.74) is 2.22. The number of methoxy groups -OCH3 is 1. The molecule has 0 aromatic carbocycles. The molecular formula is C14H19N3O. The molecule has 96 valence electrons.